The lowest BCUT2D eigenvalue weighted by Gasteiger charge is -2.01. The molecule has 0 saturated carbocycles. The molecule has 1 aromatic carbocycles. The first kappa shape index (κ1) is 11.7. The zero-order valence-electron chi connectivity index (χ0n) is 8.84. The Hall–Kier alpha value is -1.75. The van der Waals surface area contributed by atoms with E-state index in [1.54, 1.807) is 30.7 Å². The van der Waals surface area contributed by atoms with Crippen molar-refractivity contribution < 1.29 is 9.18 Å². The average molecular weight is 248 g/mol. The molecule has 0 amide bonds. The first-order chi connectivity index (χ1) is 8.27. The lowest BCUT2D eigenvalue weighted by molar-refractivity contribution is 0.101. The van der Waals surface area contributed by atoms with Gasteiger partial charge in [0.25, 0.3) is 0 Å². The number of aromatic nitrogens is 2. The Morgan fingerprint density at radius 1 is 1.29 bits per heavy atom. The van der Waals surface area contributed by atoms with Crippen LogP contribution in [0.4, 0.5) is 4.39 Å². The van der Waals surface area contributed by atoms with Crippen LogP contribution in [-0.4, -0.2) is 21.5 Å². The van der Waals surface area contributed by atoms with Crippen LogP contribution in [0.15, 0.2) is 47.9 Å². The van der Waals surface area contributed by atoms with Crippen molar-refractivity contribution in [3.05, 3.63) is 54.2 Å². The molecule has 0 aliphatic carbocycles. The highest BCUT2D eigenvalue weighted by Crippen LogP contribution is 2.16. The van der Waals surface area contributed by atoms with Crippen molar-refractivity contribution >= 4 is 17.5 Å². The third kappa shape index (κ3) is 3.10. The van der Waals surface area contributed by atoms with Crippen molar-refractivity contribution in [1.82, 2.24) is 9.97 Å². The molecule has 1 aromatic heterocycles. The van der Waals surface area contributed by atoms with Crippen LogP contribution in [0.2, 0.25) is 0 Å². The van der Waals surface area contributed by atoms with Gasteiger partial charge in [0.05, 0.1) is 17.5 Å². The Labute approximate surface area is 102 Å². The number of Topliss-reactive ketones (excluding diaryl/α,β-unsaturated/α-hetero) is 1. The molecule has 0 saturated heterocycles. The zero-order valence-corrected chi connectivity index (χ0v) is 9.65. The van der Waals surface area contributed by atoms with Crippen molar-refractivity contribution in [3.8, 4) is 0 Å². The summed E-state index contributed by atoms with van der Waals surface area (Å²) in [6, 6.07) is 5.96. The van der Waals surface area contributed by atoms with Gasteiger partial charge in [-0.2, -0.15) is 0 Å². The van der Waals surface area contributed by atoms with E-state index in [4.69, 9.17) is 0 Å². The lowest BCUT2D eigenvalue weighted by Crippen LogP contribution is -2.05. The summed E-state index contributed by atoms with van der Waals surface area (Å²) in [7, 11) is 0. The Morgan fingerprint density at radius 3 is 2.82 bits per heavy atom. The van der Waals surface area contributed by atoms with Gasteiger partial charge in [0.1, 0.15) is 10.8 Å². The van der Waals surface area contributed by atoms with Crippen LogP contribution in [0, 0.1) is 5.82 Å². The van der Waals surface area contributed by atoms with Crippen LogP contribution >= 0.6 is 11.8 Å². The van der Waals surface area contributed by atoms with Gasteiger partial charge >= 0.3 is 0 Å². The lowest BCUT2D eigenvalue weighted by atomic mass is 10.1. The summed E-state index contributed by atoms with van der Waals surface area (Å²) >= 11 is 1.24. The molecule has 2 rings (SSSR count). The molecule has 86 valence electrons. The summed E-state index contributed by atoms with van der Waals surface area (Å²) in [5.41, 5.74) is 0.115. The molecule has 1 heterocycles. The van der Waals surface area contributed by atoms with Gasteiger partial charge in [0.15, 0.2) is 5.78 Å². The first-order valence-corrected chi connectivity index (χ1v) is 5.92. The summed E-state index contributed by atoms with van der Waals surface area (Å²) in [5.74, 6) is -0.587. The second-order valence-corrected chi connectivity index (χ2v) is 4.23. The fourth-order valence-electron chi connectivity index (χ4n) is 1.26. The van der Waals surface area contributed by atoms with E-state index in [0.29, 0.717) is 5.03 Å². The maximum absolute atomic E-state index is 13.3. The van der Waals surface area contributed by atoms with E-state index < -0.39 is 5.82 Å². The number of carbonyl (C=O) groups is 1. The van der Waals surface area contributed by atoms with Crippen LogP contribution in [0.1, 0.15) is 10.4 Å². The fraction of sp³-hybridized carbons (Fsp3) is 0.0833. The second kappa shape index (κ2) is 5.54. The van der Waals surface area contributed by atoms with Gasteiger partial charge in [-0.3, -0.25) is 9.78 Å². The van der Waals surface area contributed by atoms with E-state index in [1.165, 1.54) is 23.9 Å². The topological polar surface area (TPSA) is 42.9 Å². The summed E-state index contributed by atoms with van der Waals surface area (Å²) < 4.78 is 13.3. The SMILES string of the molecule is O=C(CSc1cnccn1)c1ccccc1F. The van der Waals surface area contributed by atoms with Crippen molar-refractivity contribution in [2.24, 2.45) is 0 Å². The number of nitrogens with zero attached hydrogens (tertiary/aromatic N) is 2. The first-order valence-electron chi connectivity index (χ1n) is 4.94. The molecule has 0 N–H and O–H groups in total. The van der Waals surface area contributed by atoms with Gasteiger partial charge in [0.2, 0.25) is 0 Å². The maximum Gasteiger partial charge on any atom is 0.176 e. The minimum absolute atomic E-state index is 0.115. The number of hydrogen-bond donors (Lipinski definition) is 0. The molecule has 0 bridgehead atoms. The molecule has 17 heavy (non-hydrogen) atoms. The highest BCUT2D eigenvalue weighted by atomic mass is 32.2. The van der Waals surface area contributed by atoms with Gasteiger partial charge in [0, 0.05) is 12.4 Å². The molecule has 0 radical (unpaired) electrons. The standard InChI is InChI=1S/C12H9FN2OS/c13-10-4-2-1-3-9(10)11(16)8-17-12-7-14-5-6-15-12/h1-7H,8H2. The predicted molar refractivity (Wildman–Crippen MR) is 63.5 cm³/mol. The Kier molecular flexibility index (Phi) is 3.82. The Morgan fingerprint density at radius 2 is 2.12 bits per heavy atom. The normalized spacial score (nSPS) is 10.2. The number of ketones is 1. The van der Waals surface area contributed by atoms with Gasteiger partial charge < -0.3 is 0 Å². The minimum atomic E-state index is -0.489. The molecule has 0 aliphatic heterocycles. The number of halogens is 1. The average Bonchev–Trinajstić information content (AvgIpc) is 2.38. The number of benzene rings is 1. The van der Waals surface area contributed by atoms with E-state index in [0.717, 1.165) is 0 Å². The Balaban J connectivity index is 2.01. The molecule has 0 unspecified atom stereocenters. The smallest absolute Gasteiger partial charge is 0.176 e. The molecule has 0 fully saturated rings. The number of rotatable bonds is 4. The van der Waals surface area contributed by atoms with Crippen LogP contribution in [-0.2, 0) is 0 Å². The van der Waals surface area contributed by atoms with Crippen molar-refractivity contribution in [1.29, 1.82) is 0 Å². The van der Waals surface area contributed by atoms with E-state index in [9.17, 15) is 9.18 Å². The van der Waals surface area contributed by atoms with Crippen molar-refractivity contribution in [2.45, 2.75) is 5.03 Å². The molecule has 2 aromatic rings. The molecule has 3 nitrogen and oxygen atoms in total. The van der Waals surface area contributed by atoms with Crippen LogP contribution in [0.25, 0.3) is 0 Å². The van der Waals surface area contributed by atoms with E-state index in [2.05, 4.69) is 9.97 Å². The summed E-state index contributed by atoms with van der Waals surface area (Å²) in [4.78, 5) is 19.6. The third-order valence-corrected chi connectivity index (χ3v) is 2.98. The number of carbonyl (C=O) groups excluding carboxylic acids is 1. The molecule has 0 atom stereocenters. The Bertz CT molecular complexity index is 519. The van der Waals surface area contributed by atoms with Gasteiger partial charge in [-0.05, 0) is 12.1 Å². The van der Waals surface area contributed by atoms with E-state index in [1.807, 2.05) is 0 Å². The van der Waals surface area contributed by atoms with Gasteiger partial charge in [-0.25, -0.2) is 9.37 Å². The quantitative estimate of drug-likeness (QED) is 0.616. The maximum atomic E-state index is 13.3. The predicted octanol–water partition coefficient (Wildman–Crippen LogP) is 2.59. The van der Waals surface area contributed by atoms with Crippen molar-refractivity contribution in [3.63, 3.8) is 0 Å². The van der Waals surface area contributed by atoms with Gasteiger partial charge in [-0.15, -0.1) is 0 Å². The fourth-order valence-corrected chi connectivity index (χ4v) is 1.97. The number of thioether (sulfide) groups is 1. The third-order valence-electron chi connectivity index (χ3n) is 2.06. The minimum Gasteiger partial charge on any atom is -0.293 e. The molecule has 5 heteroatoms. The molecular formula is C12H9FN2OS. The number of hydrogen-bond acceptors (Lipinski definition) is 4. The van der Waals surface area contributed by atoms with Crippen molar-refractivity contribution in [2.75, 3.05) is 5.75 Å². The van der Waals surface area contributed by atoms with E-state index in [-0.39, 0.29) is 17.1 Å². The summed E-state index contributed by atoms with van der Waals surface area (Å²) in [6.45, 7) is 0. The van der Waals surface area contributed by atoms with E-state index >= 15 is 0 Å². The largest absolute Gasteiger partial charge is 0.293 e. The highest BCUT2D eigenvalue weighted by molar-refractivity contribution is 7.99. The molecule has 0 spiro atoms. The second-order valence-electron chi connectivity index (χ2n) is 3.24. The zero-order chi connectivity index (χ0) is 12.1. The van der Waals surface area contributed by atoms with Crippen LogP contribution in [0.5, 0.6) is 0 Å². The summed E-state index contributed by atoms with van der Waals surface area (Å²) in [5, 5.41) is 0.650. The van der Waals surface area contributed by atoms with Crippen LogP contribution < -0.4 is 0 Å². The molecular weight excluding hydrogens is 239 g/mol. The summed E-state index contributed by atoms with van der Waals surface area (Å²) in [6.07, 6.45) is 4.68. The van der Waals surface area contributed by atoms with Crippen LogP contribution in [0.3, 0.4) is 0 Å². The monoisotopic (exact) mass is 248 g/mol. The van der Waals surface area contributed by atoms with Gasteiger partial charge in [-0.1, -0.05) is 23.9 Å². The highest BCUT2D eigenvalue weighted by Gasteiger charge is 2.11. The molecule has 0 aliphatic rings.